The van der Waals surface area contributed by atoms with Crippen LogP contribution in [0.5, 0.6) is 0 Å². The van der Waals surface area contributed by atoms with Gasteiger partial charge in [0.2, 0.25) is 5.91 Å². The Morgan fingerprint density at radius 3 is 2.50 bits per heavy atom. The molecule has 0 saturated heterocycles. The fraction of sp³-hybridized carbons (Fsp3) is 0.273. The fourth-order valence-electron chi connectivity index (χ4n) is 2.95. The summed E-state index contributed by atoms with van der Waals surface area (Å²) in [5.74, 6) is 0.379. The van der Waals surface area contributed by atoms with Gasteiger partial charge in [-0.2, -0.15) is 5.26 Å². The van der Waals surface area contributed by atoms with Crippen molar-refractivity contribution in [1.82, 2.24) is 5.32 Å². The Kier molecular flexibility index (Phi) is 6.99. The minimum atomic E-state index is -0.156. The number of nitriles is 1. The molecule has 4 nitrogen and oxygen atoms in total. The molecule has 2 heterocycles. The highest BCUT2D eigenvalue weighted by Crippen LogP contribution is 2.28. The number of carbonyl (C=O) groups is 1. The van der Waals surface area contributed by atoms with E-state index in [0.29, 0.717) is 16.5 Å². The number of amides is 1. The number of nitrogens with one attached hydrogen (secondary N) is 2. The number of benzene rings is 1. The van der Waals surface area contributed by atoms with Gasteiger partial charge in [-0.15, -0.1) is 22.7 Å². The highest BCUT2D eigenvalue weighted by molar-refractivity contribution is 7.14. The highest BCUT2D eigenvalue weighted by atomic mass is 32.1. The van der Waals surface area contributed by atoms with Gasteiger partial charge in [0.25, 0.3) is 0 Å². The molecular formula is C22H23N3OS2. The lowest BCUT2D eigenvalue weighted by Crippen LogP contribution is -2.31. The molecule has 0 fully saturated rings. The molecule has 0 bridgehead atoms. The van der Waals surface area contributed by atoms with Crippen molar-refractivity contribution in [3.05, 3.63) is 74.8 Å². The molecule has 6 heteroatoms. The molecule has 0 aliphatic heterocycles. The van der Waals surface area contributed by atoms with Crippen LogP contribution in [0, 0.1) is 11.3 Å². The van der Waals surface area contributed by atoms with E-state index >= 15 is 0 Å². The maximum Gasteiger partial charge on any atom is 0.238 e. The minimum absolute atomic E-state index is 0.0458. The maximum absolute atomic E-state index is 12.4. The lowest BCUT2D eigenvalue weighted by Gasteiger charge is -2.19. The summed E-state index contributed by atoms with van der Waals surface area (Å²) in [5.41, 5.74) is 2.96. The van der Waals surface area contributed by atoms with Crippen LogP contribution < -0.4 is 10.6 Å². The SMILES string of the molecule is CC[C@@H](C)c1ccc([C@H](NCC(=O)Nc2sccc2C#N)c2cccs2)cc1. The molecule has 0 aliphatic carbocycles. The molecule has 0 saturated carbocycles. The van der Waals surface area contributed by atoms with Crippen LogP contribution in [-0.2, 0) is 4.79 Å². The first-order valence-electron chi connectivity index (χ1n) is 9.26. The van der Waals surface area contributed by atoms with Gasteiger partial charge in [-0.05, 0) is 46.4 Å². The van der Waals surface area contributed by atoms with Crippen molar-refractivity contribution in [2.24, 2.45) is 0 Å². The van der Waals surface area contributed by atoms with Crippen molar-refractivity contribution in [3.63, 3.8) is 0 Å². The Morgan fingerprint density at radius 1 is 1.11 bits per heavy atom. The normalized spacial score (nSPS) is 12.9. The van der Waals surface area contributed by atoms with Gasteiger partial charge in [0, 0.05) is 4.88 Å². The lowest BCUT2D eigenvalue weighted by atomic mass is 9.95. The van der Waals surface area contributed by atoms with Crippen molar-refractivity contribution < 1.29 is 4.79 Å². The molecule has 3 rings (SSSR count). The number of rotatable bonds is 8. The van der Waals surface area contributed by atoms with Crippen molar-refractivity contribution in [1.29, 1.82) is 5.26 Å². The zero-order valence-corrected chi connectivity index (χ0v) is 17.6. The van der Waals surface area contributed by atoms with Gasteiger partial charge in [0.05, 0.1) is 18.2 Å². The monoisotopic (exact) mass is 409 g/mol. The molecule has 2 atom stereocenters. The van der Waals surface area contributed by atoms with E-state index in [1.807, 2.05) is 11.4 Å². The van der Waals surface area contributed by atoms with Crippen LogP contribution in [0.1, 0.15) is 53.8 Å². The average Bonchev–Trinajstić information content (AvgIpc) is 3.40. The van der Waals surface area contributed by atoms with Crippen molar-refractivity contribution in [2.75, 3.05) is 11.9 Å². The van der Waals surface area contributed by atoms with E-state index in [2.05, 4.69) is 60.9 Å². The smallest absolute Gasteiger partial charge is 0.238 e. The molecule has 0 unspecified atom stereocenters. The average molecular weight is 410 g/mol. The summed E-state index contributed by atoms with van der Waals surface area (Å²) in [6, 6.07) is 16.5. The van der Waals surface area contributed by atoms with Crippen LogP contribution in [0.2, 0.25) is 0 Å². The van der Waals surface area contributed by atoms with Crippen LogP contribution in [0.4, 0.5) is 5.00 Å². The number of hydrogen-bond acceptors (Lipinski definition) is 5. The third kappa shape index (κ3) is 4.87. The molecular weight excluding hydrogens is 386 g/mol. The topological polar surface area (TPSA) is 64.9 Å². The minimum Gasteiger partial charge on any atom is -0.315 e. The van der Waals surface area contributed by atoms with Gasteiger partial charge >= 0.3 is 0 Å². The summed E-state index contributed by atoms with van der Waals surface area (Å²) in [4.78, 5) is 13.6. The lowest BCUT2D eigenvalue weighted by molar-refractivity contribution is -0.115. The molecule has 1 amide bonds. The molecule has 0 aliphatic rings. The standard InChI is InChI=1S/C22H23N3OS2/c1-3-15(2)16-6-8-17(9-7-16)21(19-5-4-11-27-19)24-14-20(26)25-22-18(13-23)10-12-28-22/h4-12,15,21,24H,3,14H2,1-2H3,(H,25,26)/t15-,21+/m1/s1. The number of hydrogen-bond donors (Lipinski definition) is 2. The number of nitrogens with zero attached hydrogens (tertiary/aromatic N) is 1. The third-order valence-electron chi connectivity index (χ3n) is 4.78. The summed E-state index contributed by atoms with van der Waals surface area (Å²) in [6.45, 7) is 4.59. The molecule has 3 aromatic rings. The first kappa shape index (κ1) is 20.3. The summed E-state index contributed by atoms with van der Waals surface area (Å²) in [7, 11) is 0. The Labute approximate surface area is 173 Å². The Morgan fingerprint density at radius 2 is 1.86 bits per heavy atom. The summed E-state index contributed by atoms with van der Waals surface area (Å²) in [5, 5.41) is 19.7. The van der Waals surface area contributed by atoms with Gasteiger partial charge < -0.3 is 5.32 Å². The van der Waals surface area contributed by atoms with E-state index in [4.69, 9.17) is 5.26 Å². The first-order chi connectivity index (χ1) is 13.6. The van der Waals surface area contributed by atoms with E-state index in [1.165, 1.54) is 16.9 Å². The molecule has 0 radical (unpaired) electrons. The van der Waals surface area contributed by atoms with Gasteiger partial charge in [-0.1, -0.05) is 44.2 Å². The molecule has 0 spiro atoms. The number of anilines is 1. The fourth-order valence-corrected chi connectivity index (χ4v) is 4.53. The maximum atomic E-state index is 12.4. The predicted molar refractivity (Wildman–Crippen MR) is 117 cm³/mol. The number of thiophene rings is 2. The van der Waals surface area contributed by atoms with Crippen LogP contribution >= 0.6 is 22.7 Å². The molecule has 28 heavy (non-hydrogen) atoms. The van der Waals surface area contributed by atoms with E-state index in [9.17, 15) is 4.79 Å². The van der Waals surface area contributed by atoms with Gasteiger partial charge in [-0.3, -0.25) is 10.1 Å². The molecule has 2 N–H and O–H groups in total. The van der Waals surface area contributed by atoms with E-state index in [-0.39, 0.29) is 18.5 Å². The van der Waals surface area contributed by atoms with Crippen molar-refractivity contribution in [2.45, 2.75) is 32.2 Å². The van der Waals surface area contributed by atoms with Crippen LogP contribution in [-0.4, -0.2) is 12.5 Å². The largest absolute Gasteiger partial charge is 0.315 e. The van der Waals surface area contributed by atoms with E-state index < -0.39 is 0 Å². The zero-order valence-electron chi connectivity index (χ0n) is 15.9. The van der Waals surface area contributed by atoms with E-state index in [1.54, 1.807) is 22.8 Å². The van der Waals surface area contributed by atoms with E-state index in [0.717, 1.165) is 16.9 Å². The third-order valence-corrected chi connectivity index (χ3v) is 6.55. The summed E-state index contributed by atoms with van der Waals surface area (Å²) < 4.78 is 0. The predicted octanol–water partition coefficient (Wildman–Crippen LogP) is 5.51. The second kappa shape index (κ2) is 9.65. The van der Waals surface area contributed by atoms with Crippen molar-refractivity contribution >= 4 is 33.6 Å². The summed E-state index contributed by atoms with van der Waals surface area (Å²) in [6.07, 6.45) is 1.11. The quantitative estimate of drug-likeness (QED) is 0.515. The molecule has 1 aromatic carbocycles. The zero-order chi connectivity index (χ0) is 19.9. The van der Waals surface area contributed by atoms with Crippen LogP contribution in [0.15, 0.2) is 53.2 Å². The summed E-state index contributed by atoms with van der Waals surface area (Å²) >= 11 is 3.03. The van der Waals surface area contributed by atoms with Gasteiger partial charge in [-0.25, -0.2) is 0 Å². The Balaban J connectivity index is 1.71. The Bertz CT molecular complexity index is 939. The second-order valence-corrected chi connectivity index (χ2v) is 8.52. The van der Waals surface area contributed by atoms with Crippen molar-refractivity contribution in [3.8, 4) is 6.07 Å². The second-order valence-electron chi connectivity index (χ2n) is 6.63. The van der Waals surface area contributed by atoms with Gasteiger partial charge in [0.1, 0.15) is 11.1 Å². The Hall–Kier alpha value is -2.46. The molecule has 2 aromatic heterocycles. The molecule has 144 valence electrons. The number of carbonyl (C=O) groups excluding carboxylic acids is 1. The highest BCUT2D eigenvalue weighted by Gasteiger charge is 2.17. The first-order valence-corrected chi connectivity index (χ1v) is 11.0. The van der Waals surface area contributed by atoms with Crippen LogP contribution in [0.25, 0.3) is 0 Å². The van der Waals surface area contributed by atoms with Gasteiger partial charge in [0.15, 0.2) is 0 Å². The van der Waals surface area contributed by atoms with Crippen LogP contribution in [0.3, 0.4) is 0 Å².